The molecule has 2 nitrogen and oxygen atoms in total. The minimum Gasteiger partial charge on any atom is -0.393 e. The van der Waals surface area contributed by atoms with Crippen LogP contribution in [-0.2, 0) is 4.74 Å². The van der Waals surface area contributed by atoms with Crippen molar-refractivity contribution in [2.24, 2.45) is 0 Å². The van der Waals surface area contributed by atoms with Gasteiger partial charge in [-0.1, -0.05) is 0 Å². The molecule has 0 aromatic heterocycles. The minimum absolute atomic E-state index is 0.106. The van der Waals surface area contributed by atoms with Crippen molar-refractivity contribution >= 4 is 0 Å². The minimum atomic E-state index is -0.106. The van der Waals surface area contributed by atoms with Crippen LogP contribution in [-0.4, -0.2) is 23.9 Å². The molecule has 1 N–H and O–H groups in total. The molecule has 10 heavy (non-hydrogen) atoms. The molecule has 0 aromatic rings. The summed E-state index contributed by atoms with van der Waals surface area (Å²) < 4.78 is 5.39. The Labute approximate surface area is 62.2 Å². The van der Waals surface area contributed by atoms with Crippen LogP contribution < -0.4 is 0 Å². The van der Waals surface area contributed by atoms with Crippen LogP contribution in [0.4, 0.5) is 0 Å². The van der Waals surface area contributed by atoms with Crippen LogP contribution in [0.5, 0.6) is 0 Å². The van der Waals surface area contributed by atoms with Crippen LogP contribution in [0.25, 0.3) is 0 Å². The number of hydrogen-bond acceptors (Lipinski definition) is 2. The Bertz CT molecular complexity index is 91.3. The smallest absolute Gasteiger partial charge is 0.0599 e. The lowest BCUT2D eigenvalue weighted by atomic mass is 9.95. The molecule has 0 bridgehead atoms. The first-order valence-corrected chi connectivity index (χ1v) is 4.12. The standard InChI is InChI=1S/C8H16O2/c1-2-10-8-5-3-4-7(9)6-8/h7-9H,2-6H2,1H3/t7-,8-/m1/s1. The summed E-state index contributed by atoms with van der Waals surface area (Å²) in [6.45, 7) is 2.78. The van der Waals surface area contributed by atoms with Crippen molar-refractivity contribution in [3.63, 3.8) is 0 Å². The molecule has 0 unspecified atom stereocenters. The fourth-order valence-electron chi connectivity index (χ4n) is 1.51. The maximum atomic E-state index is 9.23. The Morgan fingerprint density at radius 3 is 2.90 bits per heavy atom. The van der Waals surface area contributed by atoms with Gasteiger partial charge in [-0.25, -0.2) is 0 Å². The van der Waals surface area contributed by atoms with Crippen LogP contribution >= 0.6 is 0 Å². The molecule has 1 aliphatic carbocycles. The third-order valence-electron chi connectivity index (χ3n) is 2.00. The summed E-state index contributed by atoms with van der Waals surface area (Å²) in [6.07, 6.45) is 4.27. The molecule has 0 spiro atoms. The van der Waals surface area contributed by atoms with Gasteiger partial charge in [-0.05, 0) is 32.6 Å². The Kier molecular flexibility index (Phi) is 3.16. The molecule has 1 saturated carbocycles. The van der Waals surface area contributed by atoms with Crippen molar-refractivity contribution in [1.82, 2.24) is 0 Å². The summed E-state index contributed by atoms with van der Waals surface area (Å²) in [4.78, 5) is 0. The first-order chi connectivity index (χ1) is 4.83. The third-order valence-corrected chi connectivity index (χ3v) is 2.00. The van der Waals surface area contributed by atoms with Crippen molar-refractivity contribution in [2.75, 3.05) is 6.61 Å². The maximum absolute atomic E-state index is 9.23. The normalized spacial score (nSPS) is 34.2. The SMILES string of the molecule is CCO[C@@H]1CCC[C@@H](O)C1. The second kappa shape index (κ2) is 3.94. The zero-order valence-corrected chi connectivity index (χ0v) is 6.55. The highest BCUT2D eigenvalue weighted by molar-refractivity contribution is 4.71. The van der Waals surface area contributed by atoms with E-state index < -0.39 is 0 Å². The van der Waals surface area contributed by atoms with Crippen LogP contribution in [0.3, 0.4) is 0 Å². The second-order valence-corrected chi connectivity index (χ2v) is 2.90. The van der Waals surface area contributed by atoms with Gasteiger partial charge >= 0.3 is 0 Å². The monoisotopic (exact) mass is 144 g/mol. The number of rotatable bonds is 2. The predicted molar refractivity (Wildman–Crippen MR) is 39.9 cm³/mol. The average molecular weight is 144 g/mol. The van der Waals surface area contributed by atoms with E-state index in [-0.39, 0.29) is 6.10 Å². The van der Waals surface area contributed by atoms with Gasteiger partial charge in [0.1, 0.15) is 0 Å². The van der Waals surface area contributed by atoms with Gasteiger partial charge in [0.15, 0.2) is 0 Å². The summed E-state index contributed by atoms with van der Waals surface area (Å²) in [6, 6.07) is 0. The van der Waals surface area contributed by atoms with Gasteiger partial charge in [0.05, 0.1) is 12.2 Å². The Hall–Kier alpha value is -0.0800. The van der Waals surface area contributed by atoms with E-state index in [4.69, 9.17) is 4.74 Å². The third kappa shape index (κ3) is 2.27. The molecule has 0 heterocycles. The van der Waals surface area contributed by atoms with E-state index in [1.165, 1.54) is 0 Å². The van der Waals surface area contributed by atoms with Crippen molar-refractivity contribution in [1.29, 1.82) is 0 Å². The van der Waals surface area contributed by atoms with E-state index in [0.717, 1.165) is 32.3 Å². The molecule has 2 atom stereocenters. The van der Waals surface area contributed by atoms with Gasteiger partial charge < -0.3 is 9.84 Å². The van der Waals surface area contributed by atoms with Gasteiger partial charge in [-0.3, -0.25) is 0 Å². The van der Waals surface area contributed by atoms with Crippen molar-refractivity contribution < 1.29 is 9.84 Å². The lowest BCUT2D eigenvalue weighted by Crippen LogP contribution is -2.25. The first-order valence-electron chi connectivity index (χ1n) is 4.12. The summed E-state index contributed by atoms with van der Waals surface area (Å²) in [5, 5.41) is 9.23. The maximum Gasteiger partial charge on any atom is 0.0599 e. The number of aliphatic hydroxyl groups is 1. The van der Waals surface area contributed by atoms with Gasteiger partial charge in [-0.15, -0.1) is 0 Å². The molecule has 1 aliphatic rings. The van der Waals surface area contributed by atoms with Crippen LogP contribution in [0, 0.1) is 0 Å². The molecule has 1 rings (SSSR count). The molecule has 0 saturated heterocycles. The molecule has 0 radical (unpaired) electrons. The summed E-state index contributed by atoms with van der Waals surface area (Å²) in [5.74, 6) is 0. The highest BCUT2D eigenvalue weighted by Gasteiger charge is 2.19. The zero-order chi connectivity index (χ0) is 7.40. The second-order valence-electron chi connectivity index (χ2n) is 2.90. The molecule has 1 fully saturated rings. The molecule has 0 aliphatic heterocycles. The largest absolute Gasteiger partial charge is 0.393 e. The average Bonchev–Trinajstić information content (AvgIpc) is 1.88. The van der Waals surface area contributed by atoms with Gasteiger partial charge in [-0.2, -0.15) is 0 Å². The van der Waals surface area contributed by atoms with Crippen LogP contribution in [0.2, 0.25) is 0 Å². The predicted octanol–water partition coefficient (Wildman–Crippen LogP) is 1.33. The molecule has 2 heteroatoms. The Morgan fingerprint density at radius 1 is 1.50 bits per heavy atom. The quantitative estimate of drug-likeness (QED) is 0.633. The molecule has 0 aromatic carbocycles. The number of hydrogen-bond donors (Lipinski definition) is 1. The first kappa shape index (κ1) is 8.02. The van der Waals surface area contributed by atoms with Gasteiger partial charge in [0, 0.05) is 6.61 Å². The summed E-state index contributed by atoms with van der Waals surface area (Å²) >= 11 is 0. The van der Waals surface area contributed by atoms with E-state index in [2.05, 4.69) is 0 Å². The molecule has 0 amide bonds. The van der Waals surface area contributed by atoms with E-state index in [9.17, 15) is 5.11 Å². The Balaban J connectivity index is 2.18. The number of aliphatic hydroxyl groups excluding tert-OH is 1. The van der Waals surface area contributed by atoms with E-state index >= 15 is 0 Å². The lowest BCUT2D eigenvalue weighted by molar-refractivity contribution is -0.00912. The highest BCUT2D eigenvalue weighted by atomic mass is 16.5. The topological polar surface area (TPSA) is 29.5 Å². The van der Waals surface area contributed by atoms with Gasteiger partial charge in [0.2, 0.25) is 0 Å². The molecular formula is C8H16O2. The highest BCUT2D eigenvalue weighted by Crippen LogP contribution is 2.20. The van der Waals surface area contributed by atoms with E-state index in [1.807, 2.05) is 6.92 Å². The number of ether oxygens (including phenoxy) is 1. The lowest BCUT2D eigenvalue weighted by Gasteiger charge is -2.25. The summed E-state index contributed by atoms with van der Waals surface area (Å²) in [5.41, 5.74) is 0. The fourth-order valence-corrected chi connectivity index (χ4v) is 1.51. The van der Waals surface area contributed by atoms with Crippen molar-refractivity contribution in [3.8, 4) is 0 Å². The van der Waals surface area contributed by atoms with E-state index in [1.54, 1.807) is 0 Å². The molecule has 60 valence electrons. The Morgan fingerprint density at radius 2 is 2.30 bits per heavy atom. The molecular weight excluding hydrogens is 128 g/mol. The van der Waals surface area contributed by atoms with E-state index in [0.29, 0.717) is 6.10 Å². The van der Waals surface area contributed by atoms with Crippen LogP contribution in [0.1, 0.15) is 32.6 Å². The zero-order valence-electron chi connectivity index (χ0n) is 6.55. The fraction of sp³-hybridized carbons (Fsp3) is 1.00. The van der Waals surface area contributed by atoms with Crippen molar-refractivity contribution in [2.45, 2.75) is 44.8 Å². The van der Waals surface area contributed by atoms with Crippen molar-refractivity contribution in [3.05, 3.63) is 0 Å². The van der Waals surface area contributed by atoms with Crippen LogP contribution in [0.15, 0.2) is 0 Å². The summed E-state index contributed by atoms with van der Waals surface area (Å²) in [7, 11) is 0. The van der Waals surface area contributed by atoms with Gasteiger partial charge in [0.25, 0.3) is 0 Å².